The third-order valence-corrected chi connectivity index (χ3v) is 4.50. The number of piperidine rings is 1. The first-order chi connectivity index (χ1) is 10.1. The van der Waals surface area contributed by atoms with Crippen LogP contribution >= 0.6 is 0 Å². The summed E-state index contributed by atoms with van der Waals surface area (Å²) < 4.78 is 0. The van der Waals surface area contributed by atoms with E-state index in [0.29, 0.717) is 6.54 Å². The van der Waals surface area contributed by atoms with E-state index in [0.717, 1.165) is 58.5 Å². The number of carbonyl (C=O) groups is 2. The van der Waals surface area contributed by atoms with Crippen molar-refractivity contribution in [1.29, 1.82) is 0 Å². The van der Waals surface area contributed by atoms with Crippen LogP contribution in [0.25, 0.3) is 0 Å². The highest BCUT2D eigenvalue weighted by molar-refractivity contribution is 5.80. The maximum Gasteiger partial charge on any atom is 0.227 e. The fourth-order valence-electron chi connectivity index (χ4n) is 3.28. The van der Waals surface area contributed by atoms with E-state index in [2.05, 4.69) is 11.5 Å². The Hall–Kier alpha value is -1.36. The van der Waals surface area contributed by atoms with Gasteiger partial charge in [0.15, 0.2) is 0 Å². The van der Waals surface area contributed by atoms with Crippen molar-refractivity contribution in [2.45, 2.75) is 26.2 Å². The van der Waals surface area contributed by atoms with E-state index in [-0.39, 0.29) is 17.7 Å². The van der Waals surface area contributed by atoms with Gasteiger partial charge in [0.25, 0.3) is 0 Å². The van der Waals surface area contributed by atoms with Crippen LogP contribution in [0, 0.1) is 5.92 Å². The molecule has 2 aliphatic heterocycles. The zero-order valence-corrected chi connectivity index (χ0v) is 13.1. The van der Waals surface area contributed by atoms with Gasteiger partial charge in [-0.3, -0.25) is 14.5 Å². The Kier molecular flexibility index (Phi) is 5.79. The third kappa shape index (κ3) is 4.30. The summed E-state index contributed by atoms with van der Waals surface area (Å²) in [6.45, 7) is 11.2. The van der Waals surface area contributed by atoms with Gasteiger partial charge in [0, 0.05) is 52.7 Å². The van der Waals surface area contributed by atoms with Crippen LogP contribution in [0.3, 0.4) is 0 Å². The van der Waals surface area contributed by atoms with E-state index >= 15 is 0 Å². The van der Waals surface area contributed by atoms with Gasteiger partial charge in [0.1, 0.15) is 0 Å². The lowest BCUT2D eigenvalue weighted by molar-refractivity contribution is -0.140. The van der Waals surface area contributed by atoms with E-state index in [9.17, 15) is 9.59 Å². The Morgan fingerprint density at radius 1 is 1.10 bits per heavy atom. The lowest BCUT2D eigenvalue weighted by Gasteiger charge is -2.34. The number of likely N-dealkylation sites (tertiary alicyclic amines) is 1. The number of rotatable bonds is 3. The molecular weight excluding hydrogens is 266 g/mol. The largest absolute Gasteiger partial charge is 0.342 e. The van der Waals surface area contributed by atoms with Crippen LogP contribution in [-0.2, 0) is 9.59 Å². The molecule has 2 saturated heterocycles. The number of carbonyl (C=O) groups excluding carboxylic acids is 2. The zero-order valence-electron chi connectivity index (χ0n) is 13.1. The minimum Gasteiger partial charge on any atom is -0.342 e. The predicted octanol–water partition coefficient (Wildman–Crippen LogP) is 0.965. The molecule has 0 radical (unpaired) electrons. The first kappa shape index (κ1) is 16.0. The van der Waals surface area contributed by atoms with E-state index in [1.54, 1.807) is 6.92 Å². The molecule has 0 unspecified atom stereocenters. The molecule has 0 aromatic rings. The number of nitrogens with zero attached hydrogens (tertiary/aromatic N) is 3. The molecule has 2 aliphatic rings. The molecule has 2 amide bonds. The second-order valence-corrected chi connectivity index (χ2v) is 6.07. The summed E-state index contributed by atoms with van der Waals surface area (Å²) in [4.78, 5) is 30.3. The molecule has 0 aliphatic carbocycles. The van der Waals surface area contributed by atoms with E-state index in [4.69, 9.17) is 0 Å². The molecule has 2 fully saturated rings. The molecule has 118 valence electrons. The Balaban J connectivity index is 1.90. The van der Waals surface area contributed by atoms with E-state index < -0.39 is 0 Å². The maximum atomic E-state index is 12.7. The number of amides is 2. The number of hydrogen-bond donors (Lipinski definition) is 0. The van der Waals surface area contributed by atoms with Crippen molar-refractivity contribution in [2.75, 3.05) is 45.8 Å². The highest BCUT2D eigenvalue weighted by Gasteiger charge is 2.30. The fourth-order valence-corrected chi connectivity index (χ4v) is 3.28. The summed E-state index contributed by atoms with van der Waals surface area (Å²) in [7, 11) is 0. The molecule has 21 heavy (non-hydrogen) atoms. The summed E-state index contributed by atoms with van der Waals surface area (Å²) in [5, 5.41) is 0. The molecule has 0 bridgehead atoms. The molecule has 1 atom stereocenters. The molecule has 0 N–H and O–H groups in total. The minimum absolute atomic E-state index is 0.00592. The van der Waals surface area contributed by atoms with Crippen LogP contribution in [0.1, 0.15) is 26.2 Å². The number of hydrogen-bond acceptors (Lipinski definition) is 3. The Morgan fingerprint density at radius 2 is 1.86 bits per heavy atom. The van der Waals surface area contributed by atoms with Gasteiger partial charge >= 0.3 is 0 Å². The zero-order chi connectivity index (χ0) is 15.2. The van der Waals surface area contributed by atoms with Crippen LogP contribution in [-0.4, -0.2) is 72.3 Å². The van der Waals surface area contributed by atoms with Crippen LogP contribution in [0.5, 0.6) is 0 Å². The Labute approximate surface area is 127 Å². The second-order valence-electron chi connectivity index (χ2n) is 6.07. The van der Waals surface area contributed by atoms with Gasteiger partial charge in [-0.05, 0) is 19.3 Å². The average Bonchev–Trinajstić information content (AvgIpc) is 2.73. The first-order valence-electron chi connectivity index (χ1n) is 7.99. The predicted molar refractivity (Wildman–Crippen MR) is 82.8 cm³/mol. The third-order valence-electron chi connectivity index (χ3n) is 4.50. The standard InChI is InChI=1S/C16H27N3O2/c1-3-7-17-8-5-10-18(12-11-17)16(21)15-6-4-9-19(13-15)14(2)20/h3,15H,1,4-13H2,2H3/t15-/m0/s1. The SMILES string of the molecule is C=CCN1CCCN(C(=O)[C@H]2CCCN(C(C)=O)C2)CC1. The van der Waals surface area contributed by atoms with Crippen LogP contribution in [0.15, 0.2) is 12.7 Å². The maximum absolute atomic E-state index is 12.7. The normalized spacial score (nSPS) is 24.5. The molecule has 5 nitrogen and oxygen atoms in total. The summed E-state index contributed by atoms with van der Waals surface area (Å²) in [5.74, 6) is 0.315. The summed E-state index contributed by atoms with van der Waals surface area (Å²) >= 11 is 0. The lowest BCUT2D eigenvalue weighted by atomic mass is 9.96. The first-order valence-corrected chi connectivity index (χ1v) is 7.99. The van der Waals surface area contributed by atoms with Crippen molar-refractivity contribution in [2.24, 2.45) is 5.92 Å². The van der Waals surface area contributed by atoms with Crippen molar-refractivity contribution in [1.82, 2.24) is 14.7 Å². The topological polar surface area (TPSA) is 43.9 Å². The van der Waals surface area contributed by atoms with Gasteiger partial charge in [0.2, 0.25) is 11.8 Å². The van der Waals surface area contributed by atoms with E-state index in [1.807, 2.05) is 15.9 Å². The highest BCUT2D eigenvalue weighted by atomic mass is 16.2. The monoisotopic (exact) mass is 293 g/mol. The van der Waals surface area contributed by atoms with Gasteiger partial charge in [-0.25, -0.2) is 0 Å². The highest BCUT2D eigenvalue weighted by Crippen LogP contribution is 2.20. The van der Waals surface area contributed by atoms with Crippen LogP contribution < -0.4 is 0 Å². The van der Waals surface area contributed by atoms with Crippen LogP contribution in [0.2, 0.25) is 0 Å². The van der Waals surface area contributed by atoms with Crippen molar-refractivity contribution < 1.29 is 9.59 Å². The molecule has 0 aromatic heterocycles. The smallest absolute Gasteiger partial charge is 0.227 e. The molecule has 2 heterocycles. The van der Waals surface area contributed by atoms with Crippen molar-refractivity contribution in [3.05, 3.63) is 12.7 Å². The fraction of sp³-hybridized carbons (Fsp3) is 0.750. The Morgan fingerprint density at radius 3 is 2.57 bits per heavy atom. The molecule has 2 rings (SSSR count). The molecular formula is C16H27N3O2. The Bertz CT molecular complexity index is 397. The van der Waals surface area contributed by atoms with Crippen molar-refractivity contribution >= 4 is 11.8 Å². The quantitative estimate of drug-likeness (QED) is 0.728. The molecule has 0 aromatic carbocycles. The lowest BCUT2D eigenvalue weighted by Crippen LogP contribution is -2.47. The molecule has 0 saturated carbocycles. The molecule has 5 heteroatoms. The summed E-state index contributed by atoms with van der Waals surface area (Å²) in [6.07, 6.45) is 4.79. The van der Waals surface area contributed by atoms with Gasteiger partial charge in [-0.15, -0.1) is 6.58 Å². The van der Waals surface area contributed by atoms with Gasteiger partial charge in [0.05, 0.1) is 5.92 Å². The minimum atomic E-state index is -0.00592. The van der Waals surface area contributed by atoms with E-state index in [1.165, 1.54) is 0 Å². The van der Waals surface area contributed by atoms with Gasteiger partial charge in [-0.2, -0.15) is 0 Å². The summed E-state index contributed by atoms with van der Waals surface area (Å²) in [5.41, 5.74) is 0. The van der Waals surface area contributed by atoms with Gasteiger partial charge in [-0.1, -0.05) is 6.08 Å². The molecule has 0 spiro atoms. The summed E-state index contributed by atoms with van der Waals surface area (Å²) in [6, 6.07) is 0. The van der Waals surface area contributed by atoms with Crippen molar-refractivity contribution in [3.63, 3.8) is 0 Å². The second kappa shape index (κ2) is 7.59. The van der Waals surface area contributed by atoms with Crippen molar-refractivity contribution in [3.8, 4) is 0 Å². The average molecular weight is 293 g/mol. The van der Waals surface area contributed by atoms with Crippen LogP contribution in [0.4, 0.5) is 0 Å². The van der Waals surface area contributed by atoms with Gasteiger partial charge < -0.3 is 9.80 Å².